The highest BCUT2D eigenvalue weighted by molar-refractivity contribution is 6.01. The van der Waals surface area contributed by atoms with E-state index in [9.17, 15) is 9.59 Å². The monoisotopic (exact) mass is 406 g/mol. The lowest BCUT2D eigenvalue weighted by Gasteiger charge is -2.24. The van der Waals surface area contributed by atoms with Crippen molar-refractivity contribution < 1.29 is 9.59 Å². The molecule has 30 heavy (non-hydrogen) atoms. The summed E-state index contributed by atoms with van der Waals surface area (Å²) in [6.45, 7) is 6.21. The molecule has 0 bridgehead atoms. The average molecular weight is 407 g/mol. The molecule has 0 fully saturated rings. The molecule has 0 saturated heterocycles. The van der Waals surface area contributed by atoms with Gasteiger partial charge in [0.2, 0.25) is 5.91 Å². The summed E-state index contributed by atoms with van der Waals surface area (Å²) in [4.78, 5) is 25.8. The molecular weight excluding hydrogens is 372 g/mol. The Morgan fingerprint density at radius 3 is 2.43 bits per heavy atom. The van der Waals surface area contributed by atoms with E-state index in [0.717, 1.165) is 44.2 Å². The third-order valence-corrected chi connectivity index (χ3v) is 6.18. The van der Waals surface area contributed by atoms with Crippen molar-refractivity contribution in [3.8, 4) is 0 Å². The van der Waals surface area contributed by atoms with Crippen LogP contribution in [0.4, 0.5) is 5.69 Å². The normalized spacial score (nSPS) is 14.6. The predicted molar refractivity (Wildman–Crippen MR) is 123 cm³/mol. The maximum atomic E-state index is 13.0. The minimum atomic E-state index is -0.574. The van der Waals surface area contributed by atoms with E-state index < -0.39 is 6.04 Å². The van der Waals surface area contributed by atoms with Gasteiger partial charge in [0.25, 0.3) is 5.91 Å². The fraction of sp³-hybridized carbons (Fsp3) is 0.462. The van der Waals surface area contributed by atoms with Crippen molar-refractivity contribution in [1.29, 1.82) is 0 Å². The molecule has 2 aromatic carbocycles. The standard InChI is InChI=1S/C26H34N2O2/c1-4-6-8-19-11-13-21(14-12-19)25(29)28-24(18(3)5-2)26(30)27-23-16-15-20-9-7-10-22(20)17-23/h11-18,24H,4-10H2,1-3H3,(H,27,30)(H,28,29). The summed E-state index contributed by atoms with van der Waals surface area (Å²) in [5.74, 6) is -0.325. The lowest BCUT2D eigenvalue weighted by Crippen LogP contribution is -2.47. The number of hydrogen-bond donors (Lipinski definition) is 2. The molecule has 2 aromatic rings. The van der Waals surface area contributed by atoms with Gasteiger partial charge in [-0.15, -0.1) is 0 Å². The molecular formula is C26H34N2O2. The Labute approximate surface area is 180 Å². The van der Waals surface area contributed by atoms with Crippen LogP contribution >= 0.6 is 0 Å². The van der Waals surface area contributed by atoms with Crippen LogP contribution in [0, 0.1) is 5.92 Å². The Balaban J connectivity index is 1.67. The molecule has 0 aliphatic heterocycles. The Bertz CT molecular complexity index is 873. The van der Waals surface area contributed by atoms with E-state index in [2.05, 4.69) is 29.7 Å². The number of hydrogen-bond acceptors (Lipinski definition) is 2. The number of aryl methyl sites for hydroxylation is 3. The molecule has 4 heteroatoms. The van der Waals surface area contributed by atoms with Gasteiger partial charge in [0.15, 0.2) is 0 Å². The van der Waals surface area contributed by atoms with Crippen LogP contribution in [0.3, 0.4) is 0 Å². The average Bonchev–Trinajstić information content (AvgIpc) is 3.23. The number of amides is 2. The zero-order chi connectivity index (χ0) is 21.5. The fourth-order valence-electron chi connectivity index (χ4n) is 4.00. The van der Waals surface area contributed by atoms with Crippen LogP contribution < -0.4 is 10.6 Å². The second-order valence-electron chi connectivity index (χ2n) is 8.46. The lowest BCUT2D eigenvalue weighted by atomic mass is 9.97. The smallest absolute Gasteiger partial charge is 0.251 e. The van der Waals surface area contributed by atoms with Gasteiger partial charge in [0.1, 0.15) is 6.04 Å². The second-order valence-corrected chi connectivity index (χ2v) is 8.46. The van der Waals surface area contributed by atoms with Crippen LogP contribution in [0.5, 0.6) is 0 Å². The van der Waals surface area contributed by atoms with Gasteiger partial charge >= 0.3 is 0 Å². The highest BCUT2D eigenvalue weighted by atomic mass is 16.2. The molecule has 4 nitrogen and oxygen atoms in total. The first-order valence-electron chi connectivity index (χ1n) is 11.3. The minimum Gasteiger partial charge on any atom is -0.340 e. The van der Waals surface area contributed by atoms with Crippen molar-refractivity contribution in [2.24, 2.45) is 5.92 Å². The van der Waals surface area contributed by atoms with Crippen molar-refractivity contribution in [3.05, 3.63) is 64.7 Å². The van der Waals surface area contributed by atoms with Gasteiger partial charge in [-0.05, 0) is 79.0 Å². The molecule has 1 aliphatic rings. The molecule has 1 aliphatic carbocycles. The third kappa shape index (κ3) is 5.50. The van der Waals surface area contributed by atoms with Crippen molar-refractivity contribution in [1.82, 2.24) is 5.32 Å². The first-order chi connectivity index (χ1) is 14.5. The van der Waals surface area contributed by atoms with E-state index in [-0.39, 0.29) is 17.7 Å². The predicted octanol–water partition coefficient (Wildman–Crippen LogP) is 5.30. The Morgan fingerprint density at radius 1 is 1.00 bits per heavy atom. The Hall–Kier alpha value is -2.62. The first-order valence-corrected chi connectivity index (χ1v) is 11.3. The van der Waals surface area contributed by atoms with Crippen LogP contribution in [0.2, 0.25) is 0 Å². The first kappa shape index (κ1) is 22.1. The lowest BCUT2D eigenvalue weighted by molar-refractivity contribution is -0.119. The zero-order valence-electron chi connectivity index (χ0n) is 18.5. The molecule has 2 unspecified atom stereocenters. The quantitative estimate of drug-likeness (QED) is 0.593. The number of carbonyl (C=O) groups excluding carboxylic acids is 2. The molecule has 2 atom stereocenters. The molecule has 3 rings (SSSR count). The summed E-state index contributed by atoms with van der Waals surface area (Å²) < 4.78 is 0. The van der Waals surface area contributed by atoms with E-state index in [1.165, 1.54) is 23.1 Å². The van der Waals surface area contributed by atoms with Crippen LogP contribution in [0.1, 0.15) is 73.5 Å². The zero-order valence-corrected chi connectivity index (χ0v) is 18.5. The molecule has 0 saturated carbocycles. The molecule has 0 radical (unpaired) electrons. The molecule has 2 N–H and O–H groups in total. The number of unbranched alkanes of at least 4 members (excludes halogenated alkanes) is 1. The van der Waals surface area contributed by atoms with Gasteiger partial charge < -0.3 is 10.6 Å². The largest absolute Gasteiger partial charge is 0.340 e. The van der Waals surface area contributed by atoms with Crippen molar-refractivity contribution in [2.75, 3.05) is 5.32 Å². The van der Waals surface area contributed by atoms with Gasteiger partial charge in [-0.3, -0.25) is 9.59 Å². The number of fused-ring (bicyclic) bond motifs is 1. The summed E-state index contributed by atoms with van der Waals surface area (Å²) in [5, 5.41) is 5.99. The Morgan fingerprint density at radius 2 is 1.73 bits per heavy atom. The van der Waals surface area contributed by atoms with Crippen LogP contribution in [0.25, 0.3) is 0 Å². The van der Waals surface area contributed by atoms with E-state index in [4.69, 9.17) is 0 Å². The van der Waals surface area contributed by atoms with Crippen molar-refractivity contribution in [2.45, 2.75) is 71.8 Å². The van der Waals surface area contributed by atoms with E-state index in [1.54, 1.807) is 0 Å². The molecule has 2 amide bonds. The van der Waals surface area contributed by atoms with Gasteiger partial charge in [-0.2, -0.15) is 0 Å². The van der Waals surface area contributed by atoms with Crippen molar-refractivity contribution >= 4 is 17.5 Å². The topological polar surface area (TPSA) is 58.2 Å². The van der Waals surface area contributed by atoms with Gasteiger partial charge in [0, 0.05) is 11.3 Å². The van der Waals surface area contributed by atoms with E-state index in [1.807, 2.05) is 44.2 Å². The second kappa shape index (κ2) is 10.4. The number of anilines is 1. The highest BCUT2D eigenvalue weighted by Gasteiger charge is 2.26. The number of benzene rings is 2. The molecule has 160 valence electrons. The van der Waals surface area contributed by atoms with Crippen LogP contribution in [-0.2, 0) is 24.1 Å². The van der Waals surface area contributed by atoms with Crippen molar-refractivity contribution in [3.63, 3.8) is 0 Å². The van der Waals surface area contributed by atoms with E-state index >= 15 is 0 Å². The fourth-order valence-corrected chi connectivity index (χ4v) is 4.00. The molecule has 0 spiro atoms. The van der Waals surface area contributed by atoms with Crippen LogP contribution in [-0.4, -0.2) is 17.9 Å². The van der Waals surface area contributed by atoms with Gasteiger partial charge in [-0.25, -0.2) is 0 Å². The minimum absolute atomic E-state index is 0.0344. The summed E-state index contributed by atoms with van der Waals surface area (Å²) >= 11 is 0. The van der Waals surface area contributed by atoms with Crippen LogP contribution in [0.15, 0.2) is 42.5 Å². The number of nitrogens with one attached hydrogen (secondary N) is 2. The van der Waals surface area contributed by atoms with Gasteiger partial charge in [0.05, 0.1) is 0 Å². The van der Waals surface area contributed by atoms with Gasteiger partial charge in [-0.1, -0.05) is 51.8 Å². The SMILES string of the molecule is CCCCc1ccc(C(=O)NC(C(=O)Nc2ccc3c(c2)CCC3)C(C)CC)cc1. The summed E-state index contributed by atoms with van der Waals surface area (Å²) in [6.07, 6.45) is 7.49. The third-order valence-electron chi connectivity index (χ3n) is 6.18. The summed E-state index contributed by atoms with van der Waals surface area (Å²) in [5.41, 5.74) is 5.33. The Kier molecular flexibility index (Phi) is 7.67. The molecule has 0 aromatic heterocycles. The highest BCUT2D eigenvalue weighted by Crippen LogP contribution is 2.25. The summed E-state index contributed by atoms with van der Waals surface area (Å²) in [6, 6.07) is 13.3. The van der Waals surface area contributed by atoms with E-state index in [0.29, 0.717) is 5.56 Å². The number of rotatable bonds is 9. The maximum Gasteiger partial charge on any atom is 0.251 e. The summed E-state index contributed by atoms with van der Waals surface area (Å²) in [7, 11) is 0. The maximum absolute atomic E-state index is 13.0. The number of carbonyl (C=O) groups is 2. The molecule has 0 heterocycles.